The van der Waals surface area contributed by atoms with Crippen molar-refractivity contribution in [2.24, 2.45) is 5.92 Å². The van der Waals surface area contributed by atoms with Crippen LogP contribution in [0.5, 0.6) is 0 Å². The molecule has 132 valence electrons. The number of nitrogens with one attached hydrogen (secondary N) is 2. The molecule has 4 atom stereocenters. The van der Waals surface area contributed by atoms with Crippen molar-refractivity contribution in [2.75, 3.05) is 25.1 Å². The Morgan fingerprint density at radius 2 is 1.96 bits per heavy atom. The highest BCUT2D eigenvalue weighted by molar-refractivity contribution is 7.13. The highest BCUT2D eigenvalue weighted by Gasteiger charge is 2.48. The van der Waals surface area contributed by atoms with Gasteiger partial charge in [0.05, 0.1) is 35.9 Å². The molecule has 7 heteroatoms. The highest BCUT2D eigenvalue weighted by Crippen LogP contribution is 2.31. The molecule has 0 unspecified atom stereocenters. The predicted molar refractivity (Wildman–Crippen MR) is 96.8 cm³/mol. The van der Waals surface area contributed by atoms with Crippen molar-refractivity contribution in [3.05, 3.63) is 29.8 Å². The van der Waals surface area contributed by atoms with Gasteiger partial charge in [-0.1, -0.05) is 6.07 Å². The van der Waals surface area contributed by atoms with E-state index in [9.17, 15) is 0 Å². The first-order chi connectivity index (χ1) is 12.4. The van der Waals surface area contributed by atoms with E-state index in [-0.39, 0.29) is 18.2 Å². The van der Waals surface area contributed by atoms with Gasteiger partial charge >= 0.3 is 0 Å². The minimum atomic E-state index is 0.0608. The topological polar surface area (TPSA) is 68.3 Å². The van der Waals surface area contributed by atoms with Crippen LogP contribution in [-0.2, 0) is 9.47 Å². The summed E-state index contributed by atoms with van der Waals surface area (Å²) in [5.41, 5.74) is 0.944. The van der Waals surface area contributed by atoms with Crippen LogP contribution in [0.25, 0.3) is 10.6 Å². The number of rotatable bonds is 6. The Balaban J connectivity index is 1.24. The Hall–Kier alpha value is -1.54. The molecule has 0 amide bonds. The Kier molecular flexibility index (Phi) is 4.17. The molecule has 4 heterocycles. The van der Waals surface area contributed by atoms with Gasteiger partial charge in [-0.25, -0.2) is 9.97 Å². The number of anilines is 1. The summed E-state index contributed by atoms with van der Waals surface area (Å²) in [5, 5.41) is 9.09. The first-order valence-corrected chi connectivity index (χ1v) is 9.85. The van der Waals surface area contributed by atoms with Crippen molar-refractivity contribution in [2.45, 2.75) is 37.1 Å². The lowest BCUT2D eigenvalue weighted by molar-refractivity contribution is 0.0675. The molecule has 0 bridgehead atoms. The smallest absolute Gasteiger partial charge is 0.223 e. The number of hydrogen-bond donors (Lipinski definition) is 2. The maximum absolute atomic E-state index is 6.03. The van der Waals surface area contributed by atoms with E-state index in [2.05, 4.69) is 32.0 Å². The van der Waals surface area contributed by atoms with E-state index in [0.717, 1.165) is 29.6 Å². The van der Waals surface area contributed by atoms with Gasteiger partial charge in [0.1, 0.15) is 12.2 Å². The van der Waals surface area contributed by atoms with Gasteiger partial charge in [-0.15, -0.1) is 11.3 Å². The van der Waals surface area contributed by atoms with Crippen LogP contribution >= 0.6 is 11.3 Å². The molecule has 5 rings (SSSR count). The lowest BCUT2D eigenvalue weighted by Gasteiger charge is -2.18. The number of aromatic nitrogens is 2. The summed E-state index contributed by atoms with van der Waals surface area (Å²) in [6.45, 7) is 2.44. The lowest BCUT2D eigenvalue weighted by Crippen LogP contribution is -2.42. The molecule has 2 aliphatic heterocycles. The lowest BCUT2D eigenvalue weighted by atomic mass is 10.1. The summed E-state index contributed by atoms with van der Waals surface area (Å²) in [6, 6.07) is 6.44. The zero-order valence-electron chi connectivity index (χ0n) is 13.9. The average molecular weight is 358 g/mol. The standard InChI is InChI=1S/C18H22N4O2S/c1-2-15(25-7-1)12-5-6-19-18(21-12)22-14-10-24-16-13(9-23-17(14)16)20-8-11-3-4-11/h1-2,5-7,11,13-14,16-17,20H,3-4,8-10H2,(H,19,21,22)/t13-,14+,16-,17+/m0/s1. The molecule has 2 aromatic rings. The minimum absolute atomic E-state index is 0.0608. The fourth-order valence-electron chi connectivity index (χ4n) is 3.59. The van der Waals surface area contributed by atoms with E-state index in [1.807, 2.05) is 12.1 Å². The summed E-state index contributed by atoms with van der Waals surface area (Å²) < 4.78 is 12.1. The number of fused-ring (bicyclic) bond motifs is 1. The molecule has 3 aliphatic rings. The van der Waals surface area contributed by atoms with Crippen LogP contribution < -0.4 is 10.6 Å². The van der Waals surface area contributed by atoms with E-state index < -0.39 is 0 Å². The van der Waals surface area contributed by atoms with Crippen LogP contribution in [0.4, 0.5) is 5.95 Å². The molecule has 3 fully saturated rings. The van der Waals surface area contributed by atoms with Gasteiger partial charge in [-0.3, -0.25) is 0 Å². The minimum Gasteiger partial charge on any atom is -0.371 e. The second-order valence-corrected chi connectivity index (χ2v) is 8.00. The van der Waals surface area contributed by atoms with Crippen molar-refractivity contribution in [1.82, 2.24) is 15.3 Å². The van der Waals surface area contributed by atoms with E-state index >= 15 is 0 Å². The summed E-state index contributed by atoms with van der Waals surface area (Å²) in [6.07, 6.45) is 4.70. The van der Waals surface area contributed by atoms with Gasteiger partial charge in [0, 0.05) is 6.20 Å². The van der Waals surface area contributed by atoms with Gasteiger partial charge in [0.15, 0.2) is 0 Å². The highest BCUT2D eigenvalue weighted by atomic mass is 32.1. The van der Waals surface area contributed by atoms with E-state index in [1.54, 1.807) is 17.5 Å². The Labute approximate surface area is 151 Å². The molecule has 0 aromatic carbocycles. The monoisotopic (exact) mass is 358 g/mol. The zero-order valence-corrected chi connectivity index (χ0v) is 14.7. The fourth-order valence-corrected chi connectivity index (χ4v) is 4.29. The fraction of sp³-hybridized carbons (Fsp3) is 0.556. The summed E-state index contributed by atoms with van der Waals surface area (Å²) in [4.78, 5) is 10.2. The maximum Gasteiger partial charge on any atom is 0.223 e. The predicted octanol–water partition coefficient (Wildman–Crippen LogP) is 2.15. The largest absolute Gasteiger partial charge is 0.371 e. The molecule has 2 N–H and O–H groups in total. The normalized spacial score (nSPS) is 31.2. The Morgan fingerprint density at radius 3 is 2.76 bits per heavy atom. The molecule has 25 heavy (non-hydrogen) atoms. The Bertz CT molecular complexity index is 722. The van der Waals surface area contributed by atoms with Crippen LogP contribution in [0.2, 0.25) is 0 Å². The first kappa shape index (κ1) is 15.7. The molecule has 2 aromatic heterocycles. The van der Waals surface area contributed by atoms with Crippen molar-refractivity contribution >= 4 is 17.3 Å². The second-order valence-electron chi connectivity index (χ2n) is 7.05. The van der Waals surface area contributed by atoms with Crippen LogP contribution in [0.1, 0.15) is 12.8 Å². The molecule has 6 nitrogen and oxygen atoms in total. The number of nitrogens with zero attached hydrogens (tertiary/aromatic N) is 2. The van der Waals surface area contributed by atoms with Crippen LogP contribution in [0.3, 0.4) is 0 Å². The summed E-state index contributed by atoms with van der Waals surface area (Å²) in [7, 11) is 0. The first-order valence-electron chi connectivity index (χ1n) is 8.97. The van der Waals surface area contributed by atoms with Gasteiger partial charge in [0.2, 0.25) is 5.95 Å². The van der Waals surface area contributed by atoms with E-state index in [1.165, 1.54) is 12.8 Å². The van der Waals surface area contributed by atoms with Crippen molar-refractivity contribution < 1.29 is 9.47 Å². The summed E-state index contributed by atoms with van der Waals surface area (Å²) >= 11 is 1.68. The third-order valence-electron chi connectivity index (χ3n) is 5.16. The van der Waals surface area contributed by atoms with Gasteiger partial charge in [-0.05, 0) is 42.8 Å². The molecule has 0 spiro atoms. The Morgan fingerprint density at radius 1 is 1.12 bits per heavy atom. The van der Waals surface area contributed by atoms with Crippen LogP contribution in [0, 0.1) is 5.92 Å². The van der Waals surface area contributed by atoms with Gasteiger partial charge < -0.3 is 20.1 Å². The molecule has 1 saturated carbocycles. The van der Waals surface area contributed by atoms with Crippen molar-refractivity contribution in [3.8, 4) is 10.6 Å². The number of hydrogen-bond acceptors (Lipinski definition) is 7. The average Bonchev–Trinajstić information content (AvgIpc) is 3.03. The molecular formula is C18H22N4O2S. The van der Waals surface area contributed by atoms with E-state index in [0.29, 0.717) is 18.6 Å². The number of ether oxygens (including phenoxy) is 2. The summed E-state index contributed by atoms with van der Waals surface area (Å²) in [5.74, 6) is 1.50. The molecule has 2 saturated heterocycles. The van der Waals surface area contributed by atoms with Crippen LogP contribution in [0.15, 0.2) is 29.8 Å². The van der Waals surface area contributed by atoms with E-state index in [4.69, 9.17) is 9.47 Å². The SMILES string of the molecule is c1csc(-c2ccnc(N[C@@H]3CO[C@@H]4[C@@H]3OC[C@@H]4NCC3CC3)n2)c1. The maximum atomic E-state index is 6.03. The van der Waals surface area contributed by atoms with Gasteiger partial charge in [-0.2, -0.15) is 0 Å². The zero-order chi connectivity index (χ0) is 16.6. The van der Waals surface area contributed by atoms with Crippen molar-refractivity contribution in [1.29, 1.82) is 0 Å². The van der Waals surface area contributed by atoms with Crippen LogP contribution in [-0.4, -0.2) is 54.0 Å². The quantitative estimate of drug-likeness (QED) is 0.825. The molecular weight excluding hydrogens is 336 g/mol. The third-order valence-corrected chi connectivity index (χ3v) is 6.06. The molecule has 1 aliphatic carbocycles. The van der Waals surface area contributed by atoms with Gasteiger partial charge in [0.25, 0.3) is 0 Å². The third kappa shape index (κ3) is 3.29. The van der Waals surface area contributed by atoms with Crippen molar-refractivity contribution in [3.63, 3.8) is 0 Å². The number of thiophene rings is 1. The second kappa shape index (κ2) is 6.64. The molecule has 0 radical (unpaired) electrons.